The van der Waals surface area contributed by atoms with E-state index in [1.54, 1.807) is 6.07 Å². The van der Waals surface area contributed by atoms with Gasteiger partial charge in [0, 0.05) is 54.6 Å². The number of ether oxygens (including phenoxy) is 1. The first kappa shape index (κ1) is 27.1. The molecule has 0 aliphatic carbocycles. The SMILES string of the molecule is CC1COCCN1CCNc1ncc2c(n1)sc1nc(-c3ccc(NC(=O)Nc4cc(C(C)(C)C)on4)cc3)cn12. The van der Waals surface area contributed by atoms with Crippen molar-refractivity contribution in [3.05, 3.63) is 48.5 Å². The lowest BCUT2D eigenvalue weighted by Crippen LogP contribution is -2.45. The molecule has 3 N–H and O–H groups in total. The number of hydrogen-bond acceptors (Lipinski definition) is 10. The van der Waals surface area contributed by atoms with Crippen molar-refractivity contribution in [3.63, 3.8) is 0 Å². The number of benzene rings is 1. The fourth-order valence-electron chi connectivity index (χ4n) is 4.61. The Morgan fingerprint density at radius 2 is 2.00 bits per heavy atom. The van der Waals surface area contributed by atoms with E-state index in [0.717, 1.165) is 59.4 Å². The second kappa shape index (κ2) is 11.1. The molecule has 1 unspecified atom stereocenters. The number of anilines is 3. The highest BCUT2D eigenvalue weighted by atomic mass is 32.1. The van der Waals surface area contributed by atoms with Crippen molar-refractivity contribution in [1.82, 2.24) is 29.4 Å². The molecule has 12 nitrogen and oxygen atoms in total. The Balaban J connectivity index is 1.08. The van der Waals surface area contributed by atoms with Crippen LogP contribution in [0.25, 0.3) is 26.6 Å². The molecule has 1 aliphatic rings. The summed E-state index contributed by atoms with van der Waals surface area (Å²) in [7, 11) is 0. The summed E-state index contributed by atoms with van der Waals surface area (Å²) in [6.07, 6.45) is 3.82. The number of morpholine rings is 1. The highest BCUT2D eigenvalue weighted by molar-refractivity contribution is 7.23. The summed E-state index contributed by atoms with van der Waals surface area (Å²) in [5.41, 5.74) is 3.13. The average Bonchev–Trinajstić information content (AvgIpc) is 3.65. The number of amides is 2. The lowest BCUT2D eigenvalue weighted by atomic mass is 9.93. The molecule has 0 bridgehead atoms. The summed E-state index contributed by atoms with van der Waals surface area (Å²) in [4.78, 5) is 30.6. The van der Waals surface area contributed by atoms with E-state index in [2.05, 4.69) is 37.9 Å². The van der Waals surface area contributed by atoms with Crippen molar-refractivity contribution in [3.8, 4) is 11.3 Å². The minimum atomic E-state index is -0.398. The van der Waals surface area contributed by atoms with Gasteiger partial charge in [0.25, 0.3) is 0 Å². The molecule has 4 aromatic heterocycles. The predicted octanol–water partition coefficient (Wildman–Crippen LogP) is 5.07. The van der Waals surface area contributed by atoms with Gasteiger partial charge >= 0.3 is 6.03 Å². The highest BCUT2D eigenvalue weighted by Gasteiger charge is 2.21. The van der Waals surface area contributed by atoms with Gasteiger partial charge in [-0.3, -0.25) is 14.6 Å². The Bertz CT molecular complexity index is 1670. The number of imidazole rings is 1. The molecule has 1 saturated heterocycles. The number of thiazole rings is 1. The topological polar surface area (TPSA) is 135 Å². The third kappa shape index (κ3) is 6.01. The monoisotopic (exact) mass is 575 g/mol. The Kier molecular flexibility index (Phi) is 7.32. The minimum Gasteiger partial charge on any atom is -0.379 e. The van der Waals surface area contributed by atoms with Crippen LogP contribution in [0.5, 0.6) is 0 Å². The van der Waals surface area contributed by atoms with Gasteiger partial charge in [-0.25, -0.2) is 19.7 Å². The van der Waals surface area contributed by atoms with Crippen LogP contribution in [0, 0.1) is 0 Å². The number of nitrogens with zero attached hydrogens (tertiary/aromatic N) is 6. The Hall–Kier alpha value is -4.07. The van der Waals surface area contributed by atoms with E-state index in [1.807, 2.05) is 61.8 Å². The van der Waals surface area contributed by atoms with Gasteiger partial charge in [-0.2, -0.15) is 0 Å². The molecule has 0 saturated carbocycles. The lowest BCUT2D eigenvalue weighted by Gasteiger charge is -2.33. The van der Waals surface area contributed by atoms with Crippen molar-refractivity contribution < 1.29 is 14.1 Å². The summed E-state index contributed by atoms with van der Waals surface area (Å²) in [6.45, 7) is 12.4. The maximum Gasteiger partial charge on any atom is 0.324 e. The van der Waals surface area contributed by atoms with Gasteiger partial charge in [-0.1, -0.05) is 49.4 Å². The molecule has 2 amide bonds. The van der Waals surface area contributed by atoms with E-state index in [9.17, 15) is 4.79 Å². The van der Waals surface area contributed by atoms with E-state index in [0.29, 0.717) is 29.3 Å². The smallest absolute Gasteiger partial charge is 0.324 e. The van der Waals surface area contributed by atoms with E-state index in [-0.39, 0.29) is 5.41 Å². The molecule has 13 heteroatoms. The van der Waals surface area contributed by atoms with Gasteiger partial charge < -0.3 is 19.9 Å². The number of carbonyl (C=O) groups excluding carboxylic acids is 1. The second-order valence-corrected chi connectivity index (χ2v) is 12.1. The summed E-state index contributed by atoms with van der Waals surface area (Å²) in [6, 6.07) is 9.27. The van der Waals surface area contributed by atoms with Crippen molar-refractivity contribution in [2.75, 3.05) is 48.8 Å². The molecule has 6 rings (SSSR count). The van der Waals surface area contributed by atoms with E-state index in [4.69, 9.17) is 19.2 Å². The number of urea groups is 1. The van der Waals surface area contributed by atoms with Crippen LogP contribution in [-0.2, 0) is 10.2 Å². The highest BCUT2D eigenvalue weighted by Crippen LogP contribution is 2.29. The Morgan fingerprint density at radius 1 is 1.17 bits per heavy atom. The summed E-state index contributed by atoms with van der Waals surface area (Å²) < 4.78 is 12.8. The van der Waals surface area contributed by atoms with Gasteiger partial charge in [0.15, 0.2) is 10.8 Å². The number of aromatic nitrogens is 5. The standard InChI is InChI=1S/C28H33N9O3S/c1-17-16-39-12-11-36(17)10-9-29-25-30-14-21-24(34-25)41-27-32-20(15-37(21)27)18-5-7-19(8-6-18)31-26(38)33-23-13-22(40-35-23)28(2,3)4/h5-8,13-15,17H,9-12,16H2,1-4H3,(H,29,30,34)(H2,31,33,35,38). The van der Waals surface area contributed by atoms with E-state index < -0.39 is 6.03 Å². The van der Waals surface area contributed by atoms with Gasteiger partial charge in [-0.05, 0) is 19.1 Å². The molecule has 1 aromatic carbocycles. The largest absolute Gasteiger partial charge is 0.379 e. The molecular formula is C28H33N9O3S. The first-order valence-electron chi connectivity index (χ1n) is 13.6. The molecule has 1 fully saturated rings. The minimum absolute atomic E-state index is 0.192. The number of fused-ring (bicyclic) bond motifs is 3. The van der Waals surface area contributed by atoms with Crippen molar-refractivity contribution in [2.24, 2.45) is 0 Å². The zero-order valence-electron chi connectivity index (χ0n) is 23.5. The first-order chi connectivity index (χ1) is 19.7. The molecule has 5 heterocycles. The van der Waals surface area contributed by atoms with Crippen LogP contribution in [-0.4, -0.2) is 74.3 Å². The van der Waals surface area contributed by atoms with Crippen LogP contribution in [0.3, 0.4) is 0 Å². The van der Waals surface area contributed by atoms with Crippen LogP contribution >= 0.6 is 11.3 Å². The third-order valence-electron chi connectivity index (χ3n) is 6.97. The molecule has 5 aromatic rings. The normalized spacial score (nSPS) is 16.3. The van der Waals surface area contributed by atoms with Gasteiger partial charge in [0.05, 0.1) is 25.1 Å². The quantitative estimate of drug-likeness (QED) is 0.243. The fourth-order valence-corrected chi connectivity index (χ4v) is 5.57. The molecule has 1 atom stereocenters. The number of carbonyl (C=O) groups is 1. The van der Waals surface area contributed by atoms with Crippen LogP contribution in [0.4, 0.5) is 22.2 Å². The maximum atomic E-state index is 12.4. The number of hydrogen-bond donors (Lipinski definition) is 3. The van der Waals surface area contributed by atoms with E-state index >= 15 is 0 Å². The van der Waals surface area contributed by atoms with Crippen LogP contribution in [0.1, 0.15) is 33.5 Å². The number of rotatable bonds is 7. The van der Waals surface area contributed by atoms with Gasteiger partial charge in [0.1, 0.15) is 16.1 Å². The predicted molar refractivity (Wildman–Crippen MR) is 160 cm³/mol. The third-order valence-corrected chi connectivity index (χ3v) is 7.94. The second-order valence-electron chi connectivity index (χ2n) is 11.1. The molecular weight excluding hydrogens is 542 g/mol. The summed E-state index contributed by atoms with van der Waals surface area (Å²) >= 11 is 1.52. The van der Waals surface area contributed by atoms with Crippen LogP contribution < -0.4 is 16.0 Å². The Morgan fingerprint density at radius 3 is 2.76 bits per heavy atom. The molecule has 41 heavy (non-hydrogen) atoms. The molecule has 214 valence electrons. The van der Waals surface area contributed by atoms with Crippen molar-refractivity contribution >= 4 is 50.1 Å². The van der Waals surface area contributed by atoms with Crippen molar-refractivity contribution in [2.45, 2.75) is 39.2 Å². The average molecular weight is 576 g/mol. The molecule has 1 aliphatic heterocycles. The number of nitrogens with one attached hydrogen (secondary N) is 3. The van der Waals surface area contributed by atoms with Gasteiger partial charge in [0.2, 0.25) is 5.95 Å². The lowest BCUT2D eigenvalue weighted by molar-refractivity contribution is 0.00180. The fraction of sp³-hybridized carbons (Fsp3) is 0.393. The summed E-state index contributed by atoms with van der Waals surface area (Å²) in [5.74, 6) is 1.68. The first-order valence-corrected chi connectivity index (χ1v) is 14.4. The van der Waals surface area contributed by atoms with Crippen molar-refractivity contribution in [1.29, 1.82) is 0 Å². The zero-order valence-corrected chi connectivity index (χ0v) is 24.3. The maximum absolute atomic E-state index is 12.4. The van der Waals surface area contributed by atoms with Crippen LogP contribution in [0.15, 0.2) is 47.2 Å². The molecule has 0 radical (unpaired) electrons. The van der Waals surface area contributed by atoms with Gasteiger partial charge in [-0.15, -0.1) is 0 Å². The molecule has 0 spiro atoms. The van der Waals surface area contributed by atoms with E-state index in [1.165, 1.54) is 11.3 Å². The van der Waals surface area contributed by atoms with Crippen LogP contribution in [0.2, 0.25) is 0 Å². The zero-order chi connectivity index (χ0) is 28.6. The Labute approximate surface area is 241 Å². The summed E-state index contributed by atoms with van der Waals surface area (Å²) in [5, 5.41) is 12.8.